The number of hydrogen-bond acceptors (Lipinski definition) is 4. The molecule has 7 nitrogen and oxygen atoms in total. The van der Waals surface area contributed by atoms with Crippen LogP contribution in [-0.4, -0.2) is 46.8 Å². The number of hydrogen-bond donors (Lipinski definition) is 3. The van der Waals surface area contributed by atoms with Crippen LogP contribution < -0.4 is 10.5 Å². The Kier molecular flexibility index (Phi) is 6.52. The predicted octanol–water partition coefficient (Wildman–Crippen LogP) is 4.93. The molecule has 3 aromatic rings. The van der Waals surface area contributed by atoms with Gasteiger partial charge in [-0.3, -0.25) is 20.0 Å². The van der Waals surface area contributed by atoms with E-state index in [1.54, 1.807) is 6.07 Å². The molecule has 0 saturated carbocycles. The van der Waals surface area contributed by atoms with Gasteiger partial charge in [0.25, 0.3) is 5.91 Å². The summed E-state index contributed by atoms with van der Waals surface area (Å²) in [5, 5.41) is 7.22. The number of nitrogens with zero attached hydrogens (tertiary/aromatic N) is 2. The fourth-order valence-electron chi connectivity index (χ4n) is 4.14. The molecule has 2 aromatic carbocycles. The van der Waals surface area contributed by atoms with Crippen LogP contribution in [0.3, 0.4) is 0 Å². The number of aromatic amines is 1. The zero-order chi connectivity index (χ0) is 24.5. The number of likely N-dealkylation sites (tertiary alicyclic amines) is 1. The van der Waals surface area contributed by atoms with Crippen LogP contribution in [0.2, 0.25) is 0 Å². The molecule has 180 valence electrons. The van der Waals surface area contributed by atoms with E-state index in [9.17, 15) is 18.0 Å². The SMILES string of the molecule is CN(C(=N)N)C(=O)c1cc2c(C(F)(F)F)ccc(Oc3cccc(CN4CCCCC4)c3)c2[nH]1. The van der Waals surface area contributed by atoms with Crippen molar-refractivity contribution in [1.82, 2.24) is 14.8 Å². The highest BCUT2D eigenvalue weighted by molar-refractivity contribution is 6.06. The van der Waals surface area contributed by atoms with Crippen molar-refractivity contribution in [3.05, 3.63) is 59.3 Å². The Morgan fingerprint density at radius 2 is 1.91 bits per heavy atom. The molecule has 34 heavy (non-hydrogen) atoms. The normalized spacial score (nSPS) is 14.8. The quantitative estimate of drug-likeness (QED) is 0.361. The molecule has 0 unspecified atom stereocenters. The second-order valence-corrected chi connectivity index (χ2v) is 8.42. The number of carbonyl (C=O) groups is 1. The maximum Gasteiger partial charge on any atom is 0.417 e. The first-order valence-electron chi connectivity index (χ1n) is 11.0. The maximum atomic E-state index is 13.6. The van der Waals surface area contributed by atoms with E-state index in [1.165, 1.54) is 32.4 Å². The first kappa shape index (κ1) is 23.6. The van der Waals surface area contributed by atoms with Gasteiger partial charge in [-0.15, -0.1) is 0 Å². The number of aromatic nitrogens is 1. The first-order valence-corrected chi connectivity index (χ1v) is 11.0. The number of fused-ring (bicyclic) bond motifs is 1. The Balaban J connectivity index is 1.68. The van der Waals surface area contributed by atoms with Crippen LogP contribution in [-0.2, 0) is 12.7 Å². The molecule has 10 heteroatoms. The fraction of sp³-hybridized carbons (Fsp3) is 0.333. The number of H-pyrrole nitrogens is 1. The summed E-state index contributed by atoms with van der Waals surface area (Å²) in [6.45, 7) is 2.86. The molecule has 1 aromatic heterocycles. The van der Waals surface area contributed by atoms with E-state index in [0.717, 1.165) is 42.2 Å². The highest BCUT2D eigenvalue weighted by atomic mass is 19.4. The van der Waals surface area contributed by atoms with Crippen molar-refractivity contribution < 1.29 is 22.7 Å². The number of rotatable bonds is 5. The lowest BCUT2D eigenvalue weighted by atomic mass is 10.1. The van der Waals surface area contributed by atoms with Crippen molar-refractivity contribution in [2.24, 2.45) is 5.73 Å². The van der Waals surface area contributed by atoms with Gasteiger partial charge in [-0.05, 0) is 61.8 Å². The van der Waals surface area contributed by atoms with Gasteiger partial charge in [0.1, 0.15) is 11.4 Å². The summed E-state index contributed by atoms with van der Waals surface area (Å²) in [7, 11) is 1.27. The van der Waals surface area contributed by atoms with Gasteiger partial charge in [-0.1, -0.05) is 18.6 Å². The molecule has 1 saturated heterocycles. The van der Waals surface area contributed by atoms with Crippen LogP contribution in [0.1, 0.15) is 40.9 Å². The lowest BCUT2D eigenvalue weighted by Gasteiger charge is -2.26. The van der Waals surface area contributed by atoms with E-state index in [2.05, 4.69) is 9.88 Å². The van der Waals surface area contributed by atoms with Crippen LogP contribution >= 0.6 is 0 Å². The fourth-order valence-corrected chi connectivity index (χ4v) is 4.14. The number of carbonyl (C=O) groups excluding carboxylic acids is 1. The van der Waals surface area contributed by atoms with Gasteiger partial charge < -0.3 is 15.5 Å². The van der Waals surface area contributed by atoms with E-state index < -0.39 is 23.6 Å². The zero-order valence-electron chi connectivity index (χ0n) is 18.7. The molecular weight excluding hydrogens is 447 g/mol. The molecule has 0 aliphatic carbocycles. The monoisotopic (exact) mass is 473 g/mol. The molecule has 4 N–H and O–H groups in total. The largest absolute Gasteiger partial charge is 0.455 e. The van der Waals surface area contributed by atoms with Crippen molar-refractivity contribution in [3.8, 4) is 11.5 Å². The Morgan fingerprint density at radius 1 is 1.18 bits per heavy atom. The van der Waals surface area contributed by atoms with Crippen molar-refractivity contribution in [2.75, 3.05) is 20.1 Å². The Hall–Kier alpha value is -3.53. The molecule has 0 radical (unpaired) electrons. The Bertz CT molecular complexity index is 1220. The lowest BCUT2D eigenvalue weighted by Crippen LogP contribution is -2.38. The van der Waals surface area contributed by atoms with Crippen LogP contribution in [0.4, 0.5) is 13.2 Å². The molecule has 2 heterocycles. The molecule has 1 fully saturated rings. The van der Waals surface area contributed by atoms with Crippen LogP contribution in [0.25, 0.3) is 10.9 Å². The van der Waals surface area contributed by atoms with E-state index in [0.29, 0.717) is 5.75 Å². The lowest BCUT2D eigenvalue weighted by molar-refractivity contribution is -0.136. The summed E-state index contributed by atoms with van der Waals surface area (Å²) >= 11 is 0. The molecular formula is C24H26F3N5O2. The van der Waals surface area contributed by atoms with Crippen molar-refractivity contribution in [2.45, 2.75) is 32.0 Å². The summed E-state index contributed by atoms with van der Waals surface area (Å²) in [4.78, 5) is 18.5. The number of guanidine groups is 1. The van der Waals surface area contributed by atoms with E-state index >= 15 is 0 Å². The smallest absolute Gasteiger partial charge is 0.417 e. The van der Waals surface area contributed by atoms with Crippen LogP contribution in [0.15, 0.2) is 42.5 Å². The first-order chi connectivity index (χ1) is 16.1. The molecule has 1 aliphatic rings. The molecule has 1 amide bonds. The number of piperidine rings is 1. The van der Waals surface area contributed by atoms with E-state index in [-0.39, 0.29) is 22.3 Å². The van der Waals surface area contributed by atoms with Crippen molar-refractivity contribution >= 4 is 22.8 Å². The molecule has 4 rings (SSSR count). The minimum atomic E-state index is -4.62. The van der Waals surface area contributed by atoms with Crippen molar-refractivity contribution in [3.63, 3.8) is 0 Å². The standard InChI is InChI=1S/C24H26F3N5O2/c1-31(23(28)29)22(33)19-13-17-18(24(25,26)27)8-9-20(21(17)30-19)34-16-7-5-6-15(12-16)14-32-10-3-2-4-11-32/h5-9,12-13,30H,2-4,10-11,14H2,1H3,(H3,28,29). The Morgan fingerprint density at radius 3 is 2.59 bits per heavy atom. The number of nitrogens with one attached hydrogen (secondary N) is 2. The third-order valence-electron chi connectivity index (χ3n) is 5.94. The molecule has 0 atom stereocenters. The molecule has 0 spiro atoms. The minimum Gasteiger partial charge on any atom is -0.455 e. The second-order valence-electron chi connectivity index (χ2n) is 8.42. The average Bonchev–Trinajstić information content (AvgIpc) is 3.24. The average molecular weight is 473 g/mol. The van der Waals surface area contributed by atoms with Crippen molar-refractivity contribution in [1.29, 1.82) is 5.41 Å². The summed E-state index contributed by atoms with van der Waals surface area (Å²) in [6, 6.07) is 10.7. The van der Waals surface area contributed by atoms with Gasteiger partial charge in [-0.2, -0.15) is 13.2 Å². The summed E-state index contributed by atoms with van der Waals surface area (Å²) < 4.78 is 46.9. The summed E-state index contributed by atoms with van der Waals surface area (Å²) in [6.07, 6.45) is -1.04. The van der Waals surface area contributed by atoms with E-state index in [1.807, 2.05) is 18.2 Å². The number of alkyl halides is 3. The molecule has 0 bridgehead atoms. The number of benzene rings is 2. The number of amides is 1. The predicted molar refractivity (Wildman–Crippen MR) is 123 cm³/mol. The second kappa shape index (κ2) is 9.38. The summed E-state index contributed by atoms with van der Waals surface area (Å²) in [5.74, 6) is -0.616. The van der Waals surface area contributed by atoms with Gasteiger partial charge in [0.15, 0.2) is 11.7 Å². The van der Waals surface area contributed by atoms with Gasteiger partial charge in [0.05, 0.1) is 11.1 Å². The third-order valence-corrected chi connectivity index (χ3v) is 5.94. The highest BCUT2D eigenvalue weighted by Crippen LogP contribution is 2.40. The highest BCUT2D eigenvalue weighted by Gasteiger charge is 2.34. The number of ether oxygens (including phenoxy) is 1. The number of nitrogens with two attached hydrogens (primary N) is 1. The Labute approximate surface area is 194 Å². The minimum absolute atomic E-state index is 0.0385. The summed E-state index contributed by atoms with van der Waals surface area (Å²) in [5.41, 5.74) is 5.41. The van der Waals surface area contributed by atoms with Crippen LogP contribution in [0, 0.1) is 5.41 Å². The van der Waals surface area contributed by atoms with Crippen LogP contribution in [0.5, 0.6) is 11.5 Å². The van der Waals surface area contributed by atoms with Gasteiger partial charge in [-0.25, -0.2) is 0 Å². The van der Waals surface area contributed by atoms with E-state index in [4.69, 9.17) is 15.9 Å². The zero-order valence-corrected chi connectivity index (χ0v) is 18.7. The van der Waals surface area contributed by atoms with Gasteiger partial charge >= 0.3 is 6.18 Å². The third kappa shape index (κ3) is 5.01. The molecule has 1 aliphatic heterocycles. The van der Waals surface area contributed by atoms with Gasteiger partial charge in [0.2, 0.25) is 0 Å². The van der Waals surface area contributed by atoms with Gasteiger partial charge in [0, 0.05) is 19.0 Å². The maximum absolute atomic E-state index is 13.6. The number of halogens is 3. The topological polar surface area (TPSA) is 98.4 Å².